The van der Waals surface area contributed by atoms with Crippen LogP contribution in [0.1, 0.15) is 11.1 Å². The van der Waals surface area contributed by atoms with Crippen molar-refractivity contribution in [3.05, 3.63) is 35.4 Å². The number of nitrogens with zero attached hydrogens (tertiary/aromatic N) is 1. The molecule has 0 spiro atoms. The molecule has 1 fully saturated rings. The van der Waals surface area contributed by atoms with E-state index in [4.69, 9.17) is 4.74 Å². The molecule has 0 amide bonds. The van der Waals surface area contributed by atoms with Crippen LogP contribution in [0.5, 0.6) is 0 Å². The molecule has 0 unspecified atom stereocenters. The van der Waals surface area contributed by atoms with Crippen molar-refractivity contribution >= 4 is 0 Å². The molecule has 0 radical (unpaired) electrons. The minimum atomic E-state index is 0.684. The van der Waals surface area contributed by atoms with Crippen molar-refractivity contribution in [2.75, 3.05) is 19.8 Å². The summed E-state index contributed by atoms with van der Waals surface area (Å²) in [7, 11) is 0. The molecule has 0 N–H and O–H groups in total. The van der Waals surface area contributed by atoms with Crippen LogP contribution >= 0.6 is 0 Å². The highest BCUT2D eigenvalue weighted by molar-refractivity contribution is 5.29. The van der Waals surface area contributed by atoms with Gasteiger partial charge in [-0.3, -0.25) is 4.90 Å². The van der Waals surface area contributed by atoms with Crippen LogP contribution in [-0.2, 0) is 17.7 Å². The molecule has 0 aromatic heterocycles. The molecule has 1 saturated heterocycles. The Kier molecular flexibility index (Phi) is 2.03. The maximum Gasteiger partial charge on any atom is 0.0645 e. The normalized spacial score (nSPS) is 22.9. The Morgan fingerprint density at radius 2 is 1.93 bits per heavy atom. The topological polar surface area (TPSA) is 12.5 Å². The molecule has 0 bridgehead atoms. The highest BCUT2D eigenvalue weighted by Gasteiger charge is 2.28. The van der Waals surface area contributed by atoms with E-state index >= 15 is 0 Å². The third-order valence-electron chi connectivity index (χ3n) is 3.30. The van der Waals surface area contributed by atoms with Gasteiger partial charge in [0.25, 0.3) is 0 Å². The standard InChI is InChI=1S/C12H15NO/c1-2-4-11-7-13(12-8-14-9-12)6-5-10(11)3-1/h1-4,12H,5-9H2. The Labute approximate surface area is 84.5 Å². The first-order valence-electron chi connectivity index (χ1n) is 5.32. The number of ether oxygens (including phenoxy) is 1. The van der Waals surface area contributed by atoms with Crippen LogP contribution < -0.4 is 0 Å². The molecule has 2 heteroatoms. The third kappa shape index (κ3) is 1.35. The maximum atomic E-state index is 5.23. The largest absolute Gasteiger partial charge is 0.378 e. The van der Waals surface area contributed by atoms with E-state index in [0.717, 1.165) is 19.8 Å². The van der Waals surface area contributed by atoms with Crippen LogP contribution in [0.4, 0.5) is 0 Å². The lowest BCUT2D eigenvalue weighted by Crippen LogP contribution is -2.50. The van der Waals surface area contributed by atoms with Crippen LogP contribution in [0, 0.1) is 0 Å². The first-order chi connectivity index (χ1) is 6.93. The molecule has 2 aliphatic rings. The fourth-order valence-electron chi connectivity index (χ4n) is 2.26. The van der Waals surface area contributed by atoms with Crippen molar-refractivity contribution in [1.82, 2.24) is 4.90 Å². The van der Waals surface area contributed by atoms with Crippen LogP contribution in [0.15, 0.2) is 24.3 Å². The first-order valence-corrected chi connectivity index (χ1v) is 5.32. The van der Waals surface area contributed by atoms with Gasteiger partial charge in [-0.1, -0.05) is 24.3 Å². The highest BCUT2D eigenvalue weighted by Crippen LogP contribution is 2.22. The lowest BCUT2D eigenvalue weighted by atomic mass is 9.98. The van der Waals surface area contributed by atoms with Gasteiger partial charge in [0.1, 0.15) is 0 Å². The summed E-state index contributed by atoms with van der Waals surface area (Å²) in [6, 6.07) is 9.47. The summed E-state index contributed by atoms with van der Waals surface area (Å²) >= 11 is 0. The van der Waals surface area contributed by atoms with Crippen molar-refractivity contribution in [3.63, 3.8) is 0 Å². The zero-order valence-corrected chi connectivity index (χ0v) is 8.28. The summed E-state index contributed by atoms with van der Waals surface area (Å²) in [5.74, 6) is 0. The molecule has 2 aliphatic heterocycles. The van der Waals surface area contributed by atoms with Gasteiger partial charge in [-0.15, -0.1) is 0 Å². The number of rotatable bonds is 1. The van der Waals surface area contributed by atoms with E-state index in [1.807, 2.05) is 0 Å². The van der Waals surface area contributed by atoms with Crippen molar-refractivity contribution in [2.45, 2.75) is 19.0 Å². The van der Waals surface area contributed by atoms with E-state index in [9.17, 15) is 0 Å². The summed E-state index contributed by atoms with van der Waals surface area (Å²) in [6.45, 7) is 4.18. The van der Waals surface area contributed by atoms with Gasteiger partial charge in [0.05, 0.1) is 19.3 Å². The fraction of sp³-hybridized carbons (Fsp3) is 0.500. The van der Waals surface area contributed by atoms with Gasteiger partial charge in [-0.05, 0) is 17.5 Å². The summed E-state index contributed by atoms with van der Waals surface area (Å²) in [6.07, 6.45) is 1.20. The number of fused-ring (bicyclic) bond motifs is 1. The van der Waals surface area contributed by atoms with E-state index in [0.29, 0.717) is 6.04 Å². The minimum Gasteiger partial charge on any atom is -0.378 e. The Hall–Kier alpha value is -0.860. The second kappa shape index (κ2) is 3.37. The van der Waals surface area contributed by atoms with E-state index in [2.05, 4.69) is 29.2 Å². The SMILES string of the molecule is c1ccc2c(c1)CCN(C1COC1)C2. The molecule has 3 rings (SSSR count). The molecule has 0 atom stereocenters. The Morgan fingerprint density at radius 3 is 2.64 bits per heavy atom. The van der Waals surface area contributed by atoms with Gasteiger partial charge >= 0.3 is 0 Å². The molecule has 1 aromatic carbocycles. The molecule has 0 aliphatic carbocycles. The lowest BCUT2D eigenvalue weighted by Gasteiger charge is -2.40. The number of benzene rings is 1. The van der Waals surface area contributed by atoms with Crippen molar-refractivity contribution < 1.29 is 4.74 Å². The van der Waals surface area contributed by atoms with E-state index in [-0.39, 0.29) is 0 Å². The number of hydrogen-bond acceptors (Lipinski definition) is 2. The Balaban J connectivity index is 1.79. The minimum absolute atomic E-state index is 0.684. The van der Waals surface area contributed by atoms with Crippen molar-refractivity contribution in [3.8, 4) is 0 Å². The van der Waals surface area contributed by atoms with Crippen LogP contribution in [0.2, 0.25) is 0 Å². The zero-order valence-electron chi connectivity index (χ0n) is 8.28. The second-order valence-electron chi connectivity index (χ2n) is 4.18. The van der Waals surface area contributed by atoms with Gasteiger partial charge in [-0.2, -0.15) is 0 Å². The predicted octanol–water partition coefficient (Wildman–Crippen LogP) is 1.44. The lowest BCUT2D eigenvalue weighted by molar-refractivity contribution is -0.0695. The molecule has 74 valence electrons. The van der Waals surface area contributed by atoms with Crippen molar-refractivity contribution in [2.24, 2.45) is 0 Å². The monoisotopic (exact) mass is 189 g/mol. The van der Waals surface area contributed by atoms with Crippen LogP contribution in [-0.4, -0.2) is 30.7 Å². The van der Waals surface area contributed by atoms with Gasteiger partial charge in [-0.25, -0.2) is 0 Å². The maximum absolute atomic E-state index is 5.23. The summed E-state index contributed by atoms with van der Waals surface area (Å²) in [4.78, 5) is 2.55. The first kappa shape index (κ1) is 8.45. The van der Waals surface area contributed by atoms with Crippen LogP contribution in [0.25, 0.3) is 0 Å². The van der Waals surface area contributed by atoms with Gasteiger partial charge in [0, 0.05) is 13.1 Å². The fourth-order valence-corrected chi connectivity index (χ4v) is 2.26. The molecule has 1 aromatic rings. The van der Waals surface area contributed by atoms with Gasteiger partial charge in [0.2, 0.25) is 0 Å². The average Bonchev–Trinajstić information content (AvgIpc) is 2.15. The molecular formula is C12H15NO. The summed E-state index contributed by atoms with van der Waals surface area (Å²) in [5.41, 5.74) is 3.04. The smallest absolute Gasteiger partial charge is 0.0645 e. The highest BCUT2D eigenvalue weighted by atomic mass is 16.5. The van der Waals surface area contributed by atoms with Crippen LogP contribution in [0.3, 0.4) is 0 Å². The van der Waals surface area contributed by atoms with E-state index in [1.54, 1.807) is 0 Å². The number of hydrogen-bond donors (Lipinski definition) is 0. The second-order valence-corrected chi connectivity index (χ2v) is 4.18. The third-order valence-corrected chi connectivity index (χ3v) is 3.30. The molecule has 14 heavy (non-hydrogen) atoms. The molecule has 2 nitrogen and oxygen atoms in total. The zero-order chi connectivity index (χ0) is 9.38. The Bertz CT molecular complexity index is 333. The van der Waals surface area contributed by atoms with Gasteiger partial charge in [0.15, 0.2) is 0 Å². The average molecular weight is 189 g/mol. The van der Waals surface area contributed by atoms with E-state index in [1.165, 1.54) is 24.1 Å². The Morgan fingerprint density at radius 1 is 1.14 bits per heavy atom. The molecular weight excluding hydrogens is 174 g/mol. The molecule has 2 heterocycles. The predicted molar refractivity (Wildman–Crippen MR) is 55.2 cm³/mol. The summed E-state index contributed by atoms with van der Waals surface area (Å²) < 4.78 is 5.23. The molecule has 0 saturated carbocycles. The van der Waals surface area contributed by atoms with E-state index < -0.39 is 0 Å². The van der Waals surface area contributed by atoms with Gasteiger partial charge < -0.3 is 4.74 Å². The quantitative estimate of drug-likeness (QED) is 0.663. The van der Waals surface area contributed by atoms with Crippen molar-refractivity contribution in [1.29, 1.82) is 0 Å². The summed E-state index contributed by atoms with van der Waals surface area (Å²) in [5, 5.41) is 0.